The lowest BCUT2D eigenvalue weighted by molar-refractivity contribution is 0.499. The Morgan fingerprint density at radius 1 is 1.47 bits per heavy atom. The maximum absolute atomic E-state index is 4.38. The Hall–Kier alpha value is -1.42. The number of aryl methyl sites for hydroxylation is 1. The fraction of sp³-hybridized carbons (Fsp3) is 0.538. The lowest BCUT2D eigenvalue weighted by Crippen LogP contribution is -2.20. The first-order valence-electron chi connectivity index (χ1n) is 6.20. The van der Waals surface area contributed by atoms with Crippen molar-refractivity contribution in [3.05, 3.63) is 29.7 Å². The third-order valence-electron chi connectivity index (χ3n) is 3.01. The van der Waals surface area contributed by atoms with Crippen LogP contribution in [0.1, 0.15) is 31.5 Å². The zero-order chi connectivity index (χ0) is 12.3. The van der Waals surface area contributed by atoms with Gasteiger partial charge in [0.1, 0.15) is 0 Å². The number of fused-ring (bicyclic) bond motifs is 1. The molecule has 92 valence electrons. The van der Waals surface area contributed by atoms with Crippen LogP contribution in [0, 0.1) is 12.8 Å². The lowest BCUT2D eigenvalue weighted by Gasteiger charge is -2.09. The molecule has 0 radical (unpaired) electrons. The van der Waals surface area contributed by atoms with E-state index in [2.05, 4.69) is 29.2 Å². The van der Waals surface area contributed by atoms with E-state index < -0.39 is 0 Å². The highest BCUT2D eigenvalue weighted by atomic mass is 15.2. The molecule has 2 aromatic heterocycles. The van der Waals surface area contributed by atoms with Crippen LogP contribution < -0.4 is 5.32 Å². The van der Waals surface area contributed by atoms with Gasteiger partial charge in [-0.2, -0.15) is 5.10 Å². The average Bonchev–Trinajstić information content (AvgIpc) is 2.68. The summed E-state index contributed by atoms with van der Waals surface area (Å²) in [5.74, 6) is 0.721. The van der Waals surface area contributed by atoms with Gasteiger partial charge in [0, 0.05) is 30.6 Å². The van der Waals surface area contributed by atoms with Crippen LogP contribution in [0.25, 0.3) is 5.65 Å². The van der Waals surface area contributed by atoms with Crippen LogP contribution in [-0.2, 0) is 6.54 Å². The summed E-state index contributed by atoms with van der Waals surface area (Å²) in [6, 6.07) is 1.98. The minimum atomic E-state index is 0.721. The summed E-state index contributed by atoms with van der Waals surface area (Å²) in [5.41, 5.74) is 3.08. The molecule has 17 heavy (non-hydrogen) atoms. The predicted octanol–water partition coefficient (Wildman–Crippen LogP) is 2.17. The van der Waals surface area contributed by atoms with Gasteiger partial charge in [0.05, 0.1) is 5.69 Å². The SMILES string of the molecule is CCC(C)CNCc1cnc2cc(C)nn2c1. The molecule has 1 N–H and O–H groups in total. The Labute approximate surface area is 102 Å². The third-order valence-corrected chi connectivity index (χ3v) is 3.01. The van der Waals surface area contributed by atoms with E-state index in [0.717, 1.165) is 30.3 Å². The van der Waals surface area contributed by atoms with Crippen molar-refractivity contribution < 1.29 is 0 Å². The standard InChI is InChI=1S/C13H20N4/c1-4-10(2)6-14-7-12-8-15-13-5-11(3)16-17(13)9-12/h5,8-10,14H,4,6-7H2,1-3H3. The summed E-state index contributed by atoms with van der Waals surface area (Å²) in [4.78, 5) is 4.38. The zero-order valence-corrected chi connectivity index (χ0v) is 10.8. The Morgan fingerprint density at radius 3 is 3.06 bits per heavy atom. The van der Waals surface area contributed by atoms with E-state index in [4.69, 9.17) is 0 Å². The quantitative estimate of drug-likeness (QED) is 0.859. The molecule has 0 spiro atoms. The van der Waals surface area contributed by atoms with Crippen molar-refractivity contribution in [3.8, 4) is 0 Å². The molecule has 0 fully saturated rings. The van der Waals surface area contributed by atoms with Crippen LogP contribution in [0.4, 0.5) is 0 Å². The van der Waals surface area contributed by atoms with Crippen LogP contribution in [0.5, 0.6) is 0 Å². The van der Waals surface area contributed by atoms with Crippen molar-refractivity contribution in [2.24, 2.45) is 5.92 Å². The van der Waals surface area contributed by atoms with Gasteiger partial charge in [-0.05, 0) is 19.4 Å². The summed E-state index contributed by atoms with van der Waals surface area (Å²) in [6.07, 6.45) is 5.17. The first-order valence-corrected chi connectivity index (χ1v) is 6.20. The number of hydrogen-bond donors (Lipinski definition) is 1. The van der Waals surface area contributed by atoms with Gasteiger partial charge in [-0.15, -0.1) is 0 Å². The van der Waals surface area contributed by atoms with Crippen molar-refractivity contribution in [1.82, 2.24) is 19.9 Å². The zero-order valence-electron chi connectivity index (χ0n) is 10.8. The molecule has 0 saturated carbocycles. The summed E-state index contributed by atoms with van der Waals surface area (Å²) >= 11 is 0. The average molecular weight is 232 g/mol. The van der Waals surface area contributed by atoms with E-state index in [-0.39, 0.29) is 0 Å². The fourth-order valence-electron chi connectivity index (χ4n) is 1.73. The highest BCUT2D eigenvalue weighted by molar-refractivity contribution is 5.38. The van der Waals surface area contributed by atoms with E-state index in [1.165, 1.54) is 12.0 Å². The molecule has 1 unspecified atom stereocenters. The smallest absolute Gasteiger partial charge is 0.155 e. The van der Waals surface area contributed by atoms with Crippen LogP contribution in [0.3, 0.4) is 0 Å². The number of aromatic nitrogens is 3. The summed E-state index contributed by atoms with van der Waals surface area (Å²) in [6.45, 7) is 8.35. The highest BCUT2D eigenvalue weighted by Crippen LogP contribution is 2.05. The fourth-order valence-corrected chi connectivity index (χ4v) is 1.73. The van der Waals surface area contributed by atoms with Gasteiger partial charge in [0.25, 0.3) is 0 Å². The molecule has 2 rings (SSSR count). The van der Waals surface area contributed by atoms with E-state index in [1.807, 2.05) is 29.9 Å². The van der Waals surface area contributed by atoms with Gasteiger partial charge in [-0.25, -0.2) is 9.50 Å². The normalized spacial score (nSPS) is 13.1. The topological polar surface area (TPSA) is 42.2 Å². The summed E-state index contributed by atoms with van der Waals surface area (Å²) < 4.78 is 1.84. The van der Waals surface area contributed by atoms with Crippen molar-refractivity contribution in [2.75, 3.05) is 6.54 Å². The van der Waals surface area contributed by atoms with Gasteiger partial charge in [-0.3, -0.25) is 0 Å². The van der Waals surface area contributed by atoms with Crippen LogP contribution in [0.15, 0.2) is 18.5 Å². The molecular formula is C13H20N4. The number of nitrogens with one attached hydrogen (secondary N) is 1. The second kappa shape index (κ2) is 5.27. The summed E-state index contributed by atoms with van der Waals surface area (Å²) in [5, 5.41) is 7.80. The third kappa shape index (κ3) is 3.03. The van der Waals surface area contributed by atoms with Crippen LogP contribution in [-0.4, -0.2) is 21.1 Å². The maximum atomic E-state index is 4.38. The Kier molecular flexibility index (Phi) is 3.74. The second-order valence-corrected chi connectivity index (χ2v) is 4.70. The van der Waals surface area contributed by atoms with Gasteiger partial charge in [-0.1, -0.05) is 20.3 Å². The largest absolute Gasteiger partial charge is 0.312 e. The lowest BCUT2D eigenvalue weighted by atomic mass is 10.1. The minimum absolute atomic E-state index is 0.721. The molecule has 0 bridgehead atoms. The molecule has 2 aromatic rings. The number of nitrogens with zero attached hydrogens (tertiary/aromatic N) is 3. The van der Waals surface area contributed by atoms with Gasteiger partial charge >= 0.3 is 0 Å². The highest BCUT2D eigenvalue weighted by Gasteiger charge is 2.02. The molecule has 4 nitrogen and oxygen atoms in total. The summed E-state index contributed by atoms with van der Waals surface area (Å²) in [7, 11) is 0. The Balaban J connectivity index is 1.99. The number of rotatable bonds is 5. The minimum Gasteiger partial charge on any atom is -0.312 e. The number of hydrogen-bond acceptors (Lipinski definition) is 3. The van der Waals surface area contributed by atoms with Crippen LogP contribution >= 0.6 is 0 Å². The molecule has 0 aromatic carbocycles. The molecule has 0 aliphatic carbocycles. The van der Waals surface area contributed by atoms with E-state index in [0.29, 0.717) is 0 Å². The van der Waals surface area contributed by atoms with Crippen molar-refractivity contribution >= 4 is 5.65 Å². The monoisotopic (exact) mass is 232 g/mol. The molecule has 0 aliphatic rings. The Morgan fingerprint density at radius 2 is 2.29 bits per heavy atom. The van der Waals surface area contributed by atoms with Crippen molar-refractivity contribution in [3.63, 3.8) is 0 Å². The van der Waals surface area contributed by atoms with Gasteiger partial charge in [0.2, 0.25) is 0 Å². The van der Waals surface area contributed by atoms with Crippen molar-refractivity contribution in [1.29, 1.82) is 0 Å². The van der Waals surface area contributed by atoms with E-state index >= 15 is 0 Å². The van der Waals surface area contributed by atoms with Crippen LogP contribution in [0.2, 0.25) is 0 Å². The molecular weight excluding hydrogens is 212 g/mol. The predicted molar refractivity (Wildman–Crippen MR) is 68.9 cm³/mol. The Bertz CT molecular complexity index is 489. The van der Waals surface area contributed by atoms with Crippen molar-refractivity contribution in [2.45, 2.75) is 33.7 Å². The second-order valence-electron chi connectivity index (χ2n) is 4.70. The van der Waals surface area contributed by atoms with Gasteiger partial charge < -0.3 is 5.32 Å². The first kappa shape index (κ1) is 12.0. The molecule has 2 heterocycles. The maximum Gasteiger partial charge on any atom is 0.155 e. The van der Waals surface area contributed by atoms with E-state index in [1.54, 1.807) is 0 Å². The van der Waals surface area contributed by atoms with Gasteiger partial charge in [0.15, 0.2) is 5.65 Å². The molecule has 4 heteroatoms. The molecule has 1 atom stereocenters. The van der Waals surface area contributed by atoms with E-state index in [9.17, 15) is 0 Å². The molecule has 0 amide bonds. The first-order chi connectivity index (χ1) is 8.19. The molecule has 0 saturated heterocycles. The molecule has 0 aliphatic heterocycles.